The number of fused-ring (bicyclic) bond motifs is 1. The summed E-state index contributed by atoms with van der Waals surface area (Å²) < 4.78 is 0. The zero-order valence-corrected chi connectivity index (χ0v) is 15.9. The third-order valence-electron chi connectivity index (χ3n) is 4.54. The van der Waals surface area contributed by atoms with E-state index < -0.39 is 4.92 Å². The average molecular weight is 403 g/mol. The number of nitro groups is 1. The molecule has 4 aromatic rings. The number of aromatic nitrogens is 1. The number of pyridine rings is 1. The molecule has 0 aliphatic carbocycles. The summed E-state index contributed by atoms with van der Waals surface area (Å²) >= 11 is 6.16. The smallest absolute Gasteiger partial charge is 0.303 e. The van der Waals surface area contributed by atoms with E-state index in [0.29, 0.717) is 32.6 Å². The van der Waals surface area contributed by atoms with Crippen LogP contribution in [0.2, 0.25) is 5.02 Å². The molecule has 0 aliphatic heterocycles. The van der Waals surface area contributed by atoms with E-state index in [1.807, 2.05) is 24.3 Å². The number of nitrogens with zero attached hydrogens (tertiary/aromatic N) is 2. The first-order valence-corrected chi connectivity index (χ1v) is 9.21. The molecule has 142 valence electrons. The van der Waals surface area contributed by atoms with Crippen molar-refractivity contribution in [2.24, 2.45) is 0 Å². The van der Waals surface area contributed by atoms with Crippen molar-refractivity contribution in [3.05, 3.63) is 105 Å². The molecular formula is C23H15ClN2O3. The molecule has 4 rings (SSSR count). The highest BCUT2D eigenvalue weighted by Crippen LogP contribution is 2.40. The van der Waals surface area contributed by atoms with E-state index >= 15 is 0 Å². The summed E-state index contributed by atoms with van der Waals surface area (Å²) in [6.07, 6.45) is 1.33. The second kappa shape index (κ2) is 7.73. The monoisotopic (exact) mass is 402 g/mol. The lowest BCUT2D eigenvalue weighted by molar-refractivity contribution is -0.384. The molecule has 0 fully saturated rings. The largest absolute Gasteiger partial charge is 0.507 e. The van der Waals surface area contributed by atoms with E-state index in [1.165, 1.54) is 6.08 Å². The third-order valence-corrected chi connectivity index (χ3v) is 4.77. The number of halogens is 1. The number of aliphatic hydroxyl groups excluding tert-OH is 1. The zero-order chi connectivity index (χ0) is 20.4. The molecule has 0 bridgehead atoms. The standard InChI is InChI=1S/C23H15ClN2O3/c24-17-11-12-19-18(13-17)22(16-9-5-2-6-10-16)23(26(28)29)20(25-19)14-21(27)15-7-3-1-4-8-15/h1-14,27H/b21-14-. The summed E-state index contributed by atoms with van der Waals surface area (Å²) in [7, 11) is 0. The third kappa shape index (κ3) is 3.68. The predicted molar refractivity (Wildman–Crippen MR) is 116 cm³/mol. The van der Waals surface area contributed by atoms with Crippen LogP contribution in [-0.4, -0.2) is 15.0 Å². The van der Waals surface area contributed by atoms with Gasteiger partial charge in [0.15, 0.2) is 0 Å². The maximum Gasteiger partial charge on any atom is 0.303 e. The molecule has 0 radical (unpaired) electrons. The lowest BCUT2D eigenvalue weighted by Crippen LogP contribution is -2.00. The van der Waals surface area contributed by atoms with Crippen molar-refractivity contribution in [3.8, 4) is 11.1 Å². The van der Waals surface area contributed by atoms with E-state index in [-0.39, 0.29) is 17.1 Å². The average Bonchev–Trinajstić information content (AvgIpc) is 2.74. The molecule has 5 nitrogen and oxygen atoms in total. The Balaban J connectivity index is 2.07. The van der Waals surface area contributed by atoms with Crippen molar-refractivity contribution in [3.63, 3.8) is 0 Å². The van der Waals surface area contributed by atoms with Gasteiger partial charge in [-0.2, -0.15) is 0 Å². The van der Waals surface area contributed by atoms with Crippen LogP contribution in [0.4, 0.5) is 5.69 Å². The van der Waals surface area contributed by atoms with E-state index in [4.69, 9.17) is 11.6 Å². The number of aliphatic hydroxyl groups is 1. The van der Waals surface area contributed by atoms with E-state index in [9.17, 15) is 15.2 Å². The Morgan fingerprint density at radius 1 is 1.00 bits per heavy atom. The van der Waals surface area contributed by atoms with Crippen molar-refractivity contribution in [1.82, 2.24) is 4.98 Å². The number of hydrogen-bond acceptors (Lipinski definition) is 4. The predicted octanol–water partition coefficient (Wildman–Crippen LogP) is 6.52. The van der Waals surface area contributed by atoms with Gasteiger partial charge in [0.2, 0.25) is 0 Å². The second-order valence-corrected chi connectivity index (χ2v) is 6.84. The molecule has 0 unspecified atom stereocenters. The van der Waals surface area contributed by atoms with Crippen LogP contribution < -0.4 is 0 Å². The highest BCUT2D eigenvalue weighted by molar-refractivity contribution is 6.31. The van der Waals surface area contributed by atoms with Gasteiger partial charge >= 0.3 is 5.69 Å². The minimum atomic E-state index is -0.472. The number of hydrogen-bond donors (Lipinski definition) is 1. The van der Waals surface area contributed by atoms with Crippen LogP contribution in [0.25, 0.3) is 33.9 Å². The van der Waals surface area contributed by atoms with Gasteiger partial charge in [-0.25, -0.2) is 4.98 Å². The van der Waals surface area contributed by atoms with Gasteiger partial charge in [-0.3, -0.25) is 10.1 Å². The Hall–Kier alpha value is -3.70. The Morgan fingerprint density at radius 2 is 1.66 bits per heavy atom. The summed E-state index contributed by atoms with van der Waals surface area (Å²) in [6.45, 7) is 0. The Kier molecular flexibility index (Phi) is 4.97. The summed E-state index contributed by atoms with van der Waals surface area (Å²) in [6, 6.07) is 22.9. The molecule has 6 heteroatoms. The maximum atomic E-state index is 12.1. The van der Waals surface area contributed by atoms with Crippen molar-refractivity contribution >= 4 is 40.0 Å². The van der Waals surface area contributed by atoms with Gasteiger partial charge in [0.25, 0.3) is 0 Å². The van der Waals surface area contributed by atoms with Gasteiger partial charge in [-0.1, -0.05) is 72.3 Å². The van der Waals surface area contributed by atoms with Crippen LogP contribution in [-0.2, 0) is 0 Å². The normalized spacial score (nSPS) is 11.6. The highest BCUT2D eigenvalue weighted by Gasteiger charge is 2.25. The summed E-state index contributed by atoms with van der Waals surface area (Å²) in [4.78, 5) is 16.1. The fraction of sp³-hybridized carbons (Fsp3) is 0. The Bertz CT molecular complexity index is 1240. The zero-order valence-electron chi connectivity index (χ0n) is 15.1. The quantitative estimate of drug-likeness (QED) is 0.239. The fourth-order valence-corrected chi connectivity index (χ4v) is 3.42. The highest BCUT2D eigenvalue weighted by atomic mass is 35.5. The Morgan fingerprint density at radius 3 is 2.31 bits per heavy atom. The molecule has 0 spiro atoms. The van der Waals surface area contributed by atoms with Gasteiger partial charge in [0.05, 0.1) is 16.0 Å². The van der Waals surface area contributed by atoms with Crippen molar-refractivity contribution in [2.75, 3.05) is 0 Å². The van der Waals surface area contributed by atoms with Crippen molar-refractivity contribution in [1.29, 1.82) is 0 Å². The van der Waals surface area contributed by atoms with Gasteiger partial charge in [-0.15, -0.1) is 0 Å². The molecule has 29 heavy (non-hydrogen) atoms. The lowest BCUT2D eigenvalue weighted by Gasteiger charge is -2.11. The summed E-state index contributed by atoms with van der Waals surface area (Å²) in [5.41, 5.74) is 2.06. The molecule has 0 aliphatic rings. The molecular weight excluding hydrogens is 388 g/mol. The van der Waals surface area contributed by atoms with Gasteiger partial charge < -0.3 is 5.11 Å². The van der Waals surface area contributed by atoms with Crippen LogP contribution in [0, 0.1) is 10.1 Å². The van der Waals surface area contributed by atoms with Crippen LogP contribution in [0.15, 0.2) is 78.9 Å². The van der Waals surface area contributed by atoms with Crippen molar-refractivity contribution in [2.45, 2.75) is 0 Å². The fourth-order valence-electron chi connectivity index (χ4n) is 3.25. The minimum Gasteiger partial charge on any atom is -0.507 e. The van der Waals surface area contributed by atoms with Crippen LogP contribution >= 0.6 is 11.6 Å². The number of rotatable bonds is 4. The van der Waals surface area contributed by atoms with Crippen LogP contribution in [0.3, 0.4) is 0 Å². The molecule has 0 amide bonds. The van der Waals surface area contributed by atoms with Crippen molar-refractivity contribution < 1.29 is 10.0 Å². The molecule has 1 N–H and O–H groups in total. The SMILES string of the molecule is O=[N+]([O-])c1c(/C=C(\O)c2ccccc2)nc2ccc(Cl)cc2c1-c1ccccc1. The van der Waals surface area contributed by atoms with Gasteiger partial charge in [-0.05, 0) is 23.8 Å². The first kappa shape index (κ1) is 18.7. The van der Waals surface area contributed by atoms with E-state index in [2.05, 4.69) is 4.98 Å². The van der Waals surface area contributed by atoms with E-state index in [0.717, 1.165) is 0 Å². The maximum absolute atomic E-state index is 12.1. The van der Waals surface area contributed by atoms with Crippen LogP contribution in [0.1, 0.15) is 11.3 Å². The molecule has 1 aromatic heterocycles. The second-order valence-electron chi connectivity index (χ2n) is 6.40. The topological polar surface area (TPSA) is 76.3 Å². The molecule has 0 saturated heterocycles. The minimum absolute atomic E-state index is 0.0741. The summed E-state index contributed by atoms with van der Waals surface area (Å²) in [5.74, 6) is -0.103. The molecule has 3 aromatic carbocycles. The first-order chi connectivity index (χ1) is 14.0. The molecule has 0 saturated carbocycles. The lowest BCUT2D eigenvalue weighted by atomic mass is 9.97. The summed E-state index contributed by atoms with van der Waals surface area (Å²) in [5, 5.41) is 23.7. The van der Waals surface area contributed by atoms with Gasteiger partial charge in [0, 0.05) is 22.0 Å². The van der Waals surface area contributed by atoms with E-state index in [1.54, 1.807) is 54.6 Å². The Labute approximate surface area is 171 Å². The molecule has 1 heterocycles. The van der Waals surface area contributed by atoms with Gasteiger partial charge in [0.1, 0.15) is 11.5 Å². The molecule has 0 atom stereocenters. The van der Waals surface area contributed by atoms with Crippen LogP contribution in [0.5, 0.6) is 0 Å². The first-order valence-electron chi connectivity index (χ1n) is 8.84. The number of benzene rings is 3.